The molecule has 1 aromatic heterocycles. The highest BCUT2D eigenvalue weighted by molar-refractivity contribution is 5.79. The van der Waals surface area contributed by atoms with Crippen molar-refractivity contribution in [1.82, 2.24) is 30.3 Å². The number of aliphatic imine (C=N–C) groups is 1. The van der Waals surface area contributed by atoms with Crippen LogP contribution in [0.2, 0.25) is 0 Å². The number of nitrogens with one attached hydrogen (secondary N) is 2. The monoisotopic (exact) mass is 321 g/mol. The van der Waals surface area contributed by atoms with E-state index in [0.29, 0.717) is 6.54 Å². The second-order valence-electron chi connectivity index (χ2n) is 6.12. The number of aryl methyl sites for hydroxylation is 1. The standard InChI is InChI=1S/C16H31N7/c1-4-22-13-20-21-15(22)12-19-16(17-3)18-9-7-11-23-10-6-5-8-14(23)2/h13-14H,4-12H2,1-3H3,(H2,17,18,19). The molecule has 1 aromatic rings. The maximum atomic E-state index is 4.27. The lowest BCUT2D eigenvalue weighted by Gasteiger charge is -2.33. The molecule has 1 unspecified atom stereocenters. The molecular formula is C16H31N7. The smallest absolute Gasteiger partial charge is 0.191 e. The number of hydrogen-bond acceptors (Lipinski definition) is 4. The van der Waals surface area contributed by atoms with Crippen LogP contribution >= 0.6 is 0 Å². The zero-order chi connectivity index (χ0) is 16.5. The van der Waals surface area contributed by atoms with Crippen molar-refractivity contribution in [2.24, 2.45) is 4.99 Å². The Morgan fingerprint density at radius 3 is 3.00 bits per heavy atom. The number of guanidine groups is 1. The maximum Gasteiger partial charge on any atom is 0.191 e. The summed E-state index contributed by atoms with van der Waals surface area (Å²) in [4.78, 5) is 6.87. The largest absolute Gasteiger partial charge is 0.356 e. The molecule has 1 fully saturated rings. The molecule has 0 bridgehead atoms. The van der Waals surface area contributed by atoms with E-state index in [4.69, 9.17) is 0 Å². The van der Waals surface area contributed by atoms with Crippen molar-refractivity contribution in [1.29, 1.82) is 0 Å². The molecule has 0 radical (unpaired) electrons. The number of aromatic nitrogens is 3. The fourth-order valence-electron chi connectivity index (χ4n) is 3.04. The zero-order valence-electron chi connectivity index (χ0n) is 14.8. The molecule has 0 saturated carbocycles. The van der Waals surface area contributed by atoms with E-state index in [2.05, 4.69) is 44.6 Å². The third-order valence-corrected chi connectivity index (χ3v) is 4.53. The van der Waals surface area contributed by atoms with Gasteiger partial charge in [0.2, 0.25) is 0 Å². The summed E-state index contributed by atoms with van der Waals surface area (Å²) in [7, 11) is 1.80. The fraction of sp³-hybridized carbons (Fsp3) is 0.812. The lowest BCUT2D eigenvalue weighted by molar-refractivity contribution is 0.159. The lowest BCUT2D eigenvalue weighted by Crippen LogP contribution is -2.41. The van der Waals surface area contributed by atoms with Crippen molar-refractivity contribution in [3.05, 3.63) is 12.2 Å². The summed E-state index contributed by atoms with van der Waals surface area (Å²) in [6, 6.07) is 0.738. The van der Waals surface area contributed by atoms with Gasteiger partial charge < -0.3 is 20.1 Å². The molecule has 130 valence electrons. The maximum absolute atomic E-state index is 4.27. The van der Waals surface area contributed by atoms with Gasteiger partial charge in [0, 0.05) is 32.7 Å². The Balaban J connectivity index is 1.65. The van der Waals surface area contributed by atoms with Gasteiger partial charge in [0.1, 0.15) is 6.33 Å². The summed E-state index contributed by atoms with van der Waals surface area (Å²) in [6.07, 6.45) is 6.96. The first kappa shape index (κ1) is 17.7. The summed E-state index contributed by atoms with van der Waals surface area (Å²) in [5.74, 6) is 1.75. The highest BCUT2D eigenvalue weighted by Gasteiger charge is 2.17. The number of nitrogens with zero attached hydrogens (tertiary/aromatic N) is 5. The highest BCUT2D eigenvalue weighted by Crippen LogP contribution is 2.15. The first-order valence-corrected chi connectivity index (χ1v) is 8.79. The Morgan fingerprint density at radius 1 is 1.39 bits per heavy atom. The second kappa shape index (κ2) is 9.50. The van der Waals surface area contributed by atoms with Gasteiger partial charge in [0.25, 0.3) is 0 Å². The van der Waals surface area contributed by atoms with E-state index in [-0.39, 0.29) is 0 Å². The van der Waals surface area contributed by atoms with Crippen molar-refractivity contribution < 1.29 is 0 Å². The SMILES string of the molecule is CCn1cnnc1CNC(=NC)NCCCN1CCCCC1C. The van der Waals surface area contributed by atoms with Crippen LogP contribution in [-0.4, -0.2) is 58.3 Å². The van der Waals surface area contributed by atoms with Crippen molar-refractivity contribution in [3.63, 3.8) is 0 Å². The Morgan fingerprint density at radius 2 is 2.26 bits per heavy atom. The Bertz CT molecular complexity index is 483. The molecule has 7 nitrogen and oxygen atoms in total. The minimum Gasteiger partial charge on any atom is -0.356 e. The van der Waals surface area contributed by atoms with E-state index in [9.17, 15) is 0 Å². The van der Waals surface area contributed by atoms with Gasteiger partial charge in [-0.3, -0.25) is 4.99 Å². The van der Waals surface area contributed by atoms with Gasteiger partial charge >= 0.3 is 0 Å². The normalized spacial score (nSPS) is 19.8. The van der Waals surface area contributed by atoms with E-state index in [0.717, 1.165) is 43.9 Å². The summed E-state index contributed by atoms with van der Waals surface area (Å²) in [6.45, 7) is 9.29. The topological polar surface area (TPSA) is 70.4 Å². The van der Waals surface area contributed by atoms with Gasteiger partial charge in [-0.25, -0.2) is 0 Å². The van der Waals surface area contributed by atoms with Gasteiger partial charge in [-0.2, -0.15) is 0 Å². The second-order valence-corrected chi connectivity index (χ2v) is 6.12. The fourth-order valence-corrected chi connectivity index (χ4v) is 3.04. The van der Waals surface area contributed by atoms with Crippen LogP contribution < -0.4 is 10.6 Å². The van der Waals surface area contributed by atoms with Gasteiger partial charge in [-0.1, -0.05) is 6.42 Å². The molecule has 7 heteroatoms. The molecule has 2 heterocycles. The molecule has 1 saturated heterocycles. The number of hydrogen-bond donors (Lipinski definition) is 2. The highest BCUT2D eigenvalue weighted by atomic mass is 15.3. The predicted molar refractivity (Wildman–Crippen MR) is 93.4 cm³/mol. The van der Waals surface area contributed by atoms with Crippen molar-refractivity contribution >= 4 is 5.96 Å². The van der Waals surface area contributed by atoms with Gasteiger partial charge in [-0.05, 0) is 39.7 Å². The van der Waals surface area contributed by atoms with Gasteiger partial charge in [0.05, 0.1) is 6.54 Å². The molecular weight excluding hydrogens is 290 g/mol. The van der Waals surface area contributed by atoms with E-state index >= 15 is 0 Å². The molecule has 23 heavy (non-hydrogen) atoms. The third-order valence-electron chi connectivity index (χ3n) is 4.53. The van der Waals surface area contributed by atoms with E-state index in [1.54, 1.807) is 13.4 Å². The molecule has 2 rings (SSSR count). The van der Waals surface area contributed by atoms with Crippen LogP contribution in [0.1, 0.15) is 45.4 Å². The minimum absolute atomic E-state index is 0.636. The van der Waals surface area contributed by atoms with E-state index in [1.807, 2.05) is 4.57 Å². The van der Waals surface area contributed by atoms with Crippen LogP contribution in [-0.2, 0) is 13.1 Å². The average molecular weight is 321 g/mol. The summed E-state index contributed by atoms with van der Waals surface area (Å²) in [5.41, 5.74) is 0. The van der Waals surface area contributed by atoms with Gasteiger partial charge in [-0.15, -0.1) is 10.2 Å². The van der Waals surface area contributed by atoms with Crippen LogP contribution in [0.25, 0.3) is 0 Å². The molecule has 1 atom stereocenters. The van der Waals surface area contributed by atoms with Crippen LogP contribution in [0.5, 0.6) is 0 Å². The number of piperidine rings is 1. The predicted octanol–water partition coefficient (Wildman–Crippen LogP) is 1.23. The summed E-state index contributed by atoms with van der Waals surface area (Å²) >= 11 is 0. The number of likely N-dealkylation sites (tertiary alicyclic amines) is 1. The van der Waals surface area contributed by atoms with E-state index < -0.39 is 0 Å². The quantitative estimate of drug-likeness (QED) is 0.449. The lowest BCUT2D eigenvalue weighted by atomic mass is 10.0. The molecule has 2 N–H and O–H groups in total. The minimum atomic E-state index is 0.636. The molecule has 0 amide bonds. The third kappa shape index (κ3) is 5.49. The number of rotatable bonds is 7. The molecule has 0 aliphatic carbocycles. The van der Waals surface area contributed by atoms with Crippen LogP contribution in [0.4, 0.5) is 0 Å². The van der Waals surface area contributed by atoms with Crippen molar-refractivity contribution in [2.45, 2.75) is 58.7 Å². The first-order valence-electron chi connectivity index (χ1n) is 8.79. The molecule has 1 aliphatic heterocycles. The van der Waals surface area contributed by atoms with Crippen molar-refractivity contribution in [3.8, 4) is 0 Å². The molecule has 0 aromatic carbocycles. The van der Waals surface area contributed by atoms with Gasteiger partial charge in [0.15, 0.2) is 11.8 Å². The van der Waals surface area contributed by atoms with Crippen LogP contribution in [0.3, 0.4) is 0 Å². The summed E-state index contributed by atoms with van der Waals surface area (Å²) < 4.78 is 2.03. The van der Waals surface area contributed by atoms with Crippen LogP contribution in [0, 0.1) is 0 Å². The zero-order valence-corrected chi connectivity index (χ0v) is 14.8. The Hall–Kier alpha value is -1.63. The van der Waals surface area contributed by atoms with E-state index in [1.165, 1.54) is 25.8 Å². The summed E-state index contributed by atoms with van der Waals surface area (Å²) in [5, 5.41) is 14.7. The van der Waals surface area contributed by atoms with Crippen LogP contribution in [0.15, 0.2) is 11.3 Å². The van der Waals surface area contributed by atoms with Crippen molar-refractivity contribution in [2.75, 3.05) is 26.7 Å². The molecule has 1 aliphatic rings. The first-order chi connectivity index (χ1) is 11.2. The average Bonchev–Trinajstić information content (AvgIpc) is 3.03. The Labute approximate surface area is 139 Å². The molecule has 0 spiro atoms. The Kier molecular flexibility index (Phi) is 7.32.